The van der Waals surface area contributed by atoms with E-state index in [9.17, 15) is 18.0 Å². The summed E-state index contributed by atoms with van der Waals surface area (Å²) in [5.74, 6) is -0.475. The highest BCUT2D eigenvalue weighted by atomic mass is 35.5. The van der Waals surface area contributed by atoms with Crippen LogP contribution in [0.25, 0.3) is 0 Å². The first-order chi connectivity index (χ1) is 12.3. The fourth-order valence-electron chi connectivity index (χ4n) is 3.11. The van der Waals surface area contributed by atoms with Crippen molar-refractivity contribution in [3.63, 3.8) is 0 Å². The van der Waals surface area contributed by atoms with Gasteiger partial charge in [0.2, 0.25) is 5.91 Å². The Balaban J connectivity index is 1.75. The van der Waals surface area contributed by atoms with Crippen LogP contribution in [0.3, 0.4) is 0 Å². The van der Waals surface area contributed by atoms with Gasteiger partial charge in [-0.3, -0.25) is 9.69 Å². The van der Waals surface area contributed by atoms with Gasteiger partial charge in [0, 0.05) is 18.1 Å². The van der Waals surface area contributed by atoms with Crippen molar-refractivity contribution in [3.05, 3.63) is 64.2 Å². The predicted molar refractivity (Wildman–Crippen MR) is 95.1 cm³/mol. The molecule has 1 aliphatic rings. The van der Waals surface area contributed by atoms with Gasteiger partial charge in [-0.15, -0.1) is 0 Å². The Labute approximate surface area is 154 Å². The number of alkyl halides is 3. The summed E-state index contributed by atoms with van der Waals surface area (Å²) in [7, 11) is 0. The Morgan fingerprint density at radius 3 is 2.58 bits per heavy atom. The number of halogens is 4. The number of nitrogens with one attached hydrogen (secondary N) is 1. The molecule has 26 heavy (non-hydrogen) atoms. The Hall–Kier alpha value is -2.05. The standard InChI is InChI=1S/C19H18ClF3N2O/c1-12(25-9-8-13-4-2-3-5-14(13)11-25)18(26)24-17-7-6-15(20)10-16(17)19(21,22)23/h2-7,10,12H,8-9,11H2,1H3,(H,24,26)/t12-/m1/s1. The first-order valence-electron chi connectivity index (χ1n) is 8.24. The summed E-state index contributed by atoms with van der Waals surface area (Å²) in [5, 5.41) is 2.37. The van der Waals surface area contributed by atoms with Crippen molar-refractivity contribution >= 4 is 23.2 Å². The summed E-state index contributed by atoms with van der Waals surface area (Å²) in [6.07, 6.45) is -3.79. The van der Waals surface area contributed by atoms with E-state index >= 15 is 0 Å². The zero-order valence-electron chi connectivity index (χ0n) is 14.1. The lowest BCUT2D eigenvalue weighted by atomic mass is 9.98. The van der Waals surface area contributed by atoms with Crippen molar-refractivity contribution in [3.8, 4) is 0 Å². The smallest absolute Gasteiger partial charge is 0.324 e. The number of hydrogen-bond acceptors (Lipinski definition) is 2. The van der Waals surface area contributed by atoms with Crippen LogP contribution in [0.15, 0.2) is 42.5 Å². The normalized spacial score (nSPS) is 16.0. The summed E-state index contributed by atoms with van der Waals surface area (Å²) in [4.78, 5) is 14.5. The van der Waals surface area contributed by atoms with Gasteiger partial charge < -0.3 is 5.32 Å². The third kappa shape index (κ3) is 4.02. The van der Waals surface area contributed by atoms with E-state index in [4.69, 9.17) is 11.6 Å². The third-order valence-electron chi connectivity index (χ3n) is 4.63. The van der Waals surface area contributed by atoms with E-state index in [0.717, 1.165) is 18.1 Å². The van der Waals surface area contributed by atoms with Gasteiger partial charge in [-0.1, -0.05) is 35.9 Å². The fraction of sp³-hybridized carbons (Fsp3) is 0.316. The van der Waals surface area contributed by atoms with Gasteiger partial charge >= 0.3 is 6.18 Å². The number of nitrogens with zero attached hydrogens (tertiary/aromatic N) is 1. The molecule has 2 aromatic rings. The fourth-order valence-corrected chi connectivity index (χ4v) is 3.28. The Bertz CT molecular complexity index is 823. The number of fused-ring (bicyclic) bond motifs is 1. The molecule has 0 radical (unpaired) electrons. The zero-order valence-corrected chi connectivity index (χ0v) is 14.9. The molecule has 2 aromatic carbocycles. The molecule has 1 atom stereocenters. The zero-order chi connectivity index (χ0) is 18.9. The number of carbonyl (C=O) groups excluding carboxylic acids is 1. The van der Waals surface area contributed by atoms with Gasteiger partial charge in [0.05, 0.1) is 17.3 Å². The minimum Gasteiger partial charge on any atom is -0.324 e. The van der Waals surface area contributed by atoms with Crippen LogP contribution in [0.1, 0.15) is 23.6 Å². The average Bonchev–Trinajstić information content (AvgIpc) is 2.61. The molecule has 1 N–H and O–H groups in total. The topological polar surface area (TPSA) is 32.3 Å². The third-order valence-corrected chi connectivity index (χ3v) is 4.87. The highest BCUT2D eigenvalue weighted by Crippen LogP contribution is 2.36. The molecule has 0 saturated heterocycles. The van der Waals surface area contributed by atoms with Crippen molar-refractivity contribution in [2.24, 2.45) is 0 Å². The van der Waals surface area contributed by atoms with Crippen LogP contribution in [-0.2, 0) is 23.9 Å². The van der Waals surface area contributed by atoms with Crippen molar-refractivity contribution in [1.29, 1.82) is 0 Å². The number of anilines is 1. The van der Waals surface area contributed by atoms with Crippen LogP contribution in [0.4, 0.5) is 18.9 Å². The van der Waals surface area contributed by atoms with Crippen molar-refractivity contribution in [2.75, 3.05) is 11.9 Å². The lowest BCUT2D eigenvalue weighted by molar-refractivity contribution is -0.137. The maximum atomic E-state index is 13.2. The van der Waals surface area contributed by atoms with Crippen molar-refractivity contribution in [1.82, 2.24) is 4.90 Å². The first kappa shape index (κ1) is 18.7. The molecule has 1 amide bonds. The molecule has 3 rings (SSSR count). The molecule has 0 unspecified atom stereocenters. The molecule has 3 nitrogen and oxygen atoms in total. The summed E-state index contributed by atoms with van der Waals surface area (Å²) < 4.78 is 39.5. The van der Waals surface area contributed by atoms with E-state index in [2.05, 4.69) is 11.4 Å². The van der Waals surface area contributed by atoms with Crippen molar-refractivity contribution in [2.45, 2.75) is 32.1 Å². The van der Waals surface area contributed by atoms with Gasteiger partial charge in [0.25, 0.3) is 0 Å². The largest absolute Gasteiger partial charge is 0.418 e. The Kier molecular flexibility index (Phi) is 5.25. The van der Waals surface area contributed by atoms with Crippen LogP contribution in [0.2, 0.25) is 5.02 Å². The molecule has 1 aliphatic heterocycles. The number of amides is 1. The van der Waals surface area contributed by atoms with E-state index in [0.29, 0.717) is 13.1 Å². The molecule has 7 heteroatoms. The molecule has 0 fully saturated rings. The van der Waals surface area contributed by atoms with Gasteiger partial charge in [-0.05, 0) is 42.7 Å². The highest BCUT2D eigenvalue weighted by Gasteiger charge is 2.35. The molecule has 0 bridgehead atoms. The van der Waals surface area contributed by atoms with Gasteiger partial charge in [-0.2, -0.15) is 13.2 Å². The quantitative estimate of drug-likeness (QED) is 0.831. The molecule has 138 valence electrons. The number of carbonyl (C=O) groups is 1. The number of benzene rings is 2. The summed E-state index contributed by atoms with van der Waals surface area (Å²) in [6, 6.07) is 10.8. The van der Waals surface area contributed by atoms with E-state index < -0.39 is 23.7 Å². The second-order valence-corrected chi connectivity index (χ2v) is 6.78. The van der Waals surface area contributed by atoms with Crippen molar-refractivity contribution < 1.29 is 18.0 Å². The van der Waals surface area contributed by atoms with Crippen LogP contribution in [0, 0.1) is 0 Å². The maximum Gasteiger partial charge on any atom is 0.418 e. The molecule has 0 saturated carbocycles. The Morgan fingerprint density at radius 2 is 1.88 bits per heavy atom. The van der Waals surface area contributed by atoms with E-state index in [1.165, 1.54) is 17.7 Å². The lowest BCUT2D eigenvalue weighted by Crippen LogP contribution is -2.44. The maximum absolute atomic E-state index is 13.2. The van der Waals surface area contributed by atoms with Crippen LogP contribution < -0.4 is 5.32 Å². The van der Waals surface area contributed by atoms with Crippen LogP contribution in [-0.4, -0.2) is 23.4 Å². The van der Waals surface area contributed by atoms with E-state index in [-0.39, 0.29) is 10.7 Å². The number of rotatable bonds is 3. The van der Waals surface area contributed by atoms with Gasteiger partial charge in [-0.25, -0.2) is 0 Å². The molecule has 0 aliphatic carbocycles. The molecule has 0 aromatic heterocycles. The predicted octanol–water partition coefficient (Wildman–Crippen LogP) is 4.74. The Morgan fingerprint density at radius 1 is 1.19 bits per heavy atom. The molecule has 0 spiro atoms. The second-order valence-electron chi connectivity index (χ2n) is 6.34. The minimum atomic E-state index is -4.60. The monoisotopic (exact) mass is 382 g/mol. The summed E-state index contributed by atoms with van der Waals surface area (Å²) in [6.45, 7) is 2.97. The number of hydrogen-bond donors (Lipinski definition) is 1. The van der Waals surface area contributed by atoms with E-state index in [1.807, 2.05) is 23.1 Å². The first-order valence-corrected chi connectivity index (χ1v) is 8.62. The minimum absolute atomic E-state index is 0.0315. The SMILES string of the molecule is C[C@H](C(=O)Nc1ccc(Cl)cc1C(F)(F)F)N1CCc2ccccc2C1. The van der Waals surface area contributed by atoms with Crippen LogP contribution >= 0.6 is 11.6 Å². The lowest BCUT2D eigenvalue weighted by Gasteiger charge is -2.33. The average molecular weight is 383 g/mol. The summed E-state index contributed by atoms with van der Waals surface area (Å²) >= 11 is 5.67. The van der Waals surface area contributed by atoms with Gasteiger partial charge in [0.15, 0.2) is 0 Å². The molecule has 1 heterocycles. The second kappa shape index (κ2) is 7.29. The van der Waals surface area contributed by atoms with E-state index in [1.54, 1.807) is 6.92 Å². The van der Waals surface area contributed by atoms with Crippen LogP contribution in [0.5, 0.6) is 0 Å². The highest BCUT2D eigenvalue weighted by molar-refractivity contribution is 6.30. The van der Waals surface area contributed by atoms with Gasteiger partial charge in [0.1, 0.15) is 0 Å². The summed E-state index contributed by atoms with van der Waals surface area (Å²) in [5.41, 5.74) is 1.15. The molecular formula is C19H18ClF3N2O. The molecular weight excluding hydrogens is 365 g/mol.